The number of para-hydroxylation sites is 1. The number of benzene rings is 3. The number of hydrogen-bond acceptors (Lipinski definition) is 13. The highest BCUT2D eigenvalue weighted by atomic mass is 35.5. The first-order chi connectivity index (χ1) is 31.4. The van der Waals surface area contributed by atoms with Gasteiger partial charge in [0.15, 0.2) is 5.82 Å². The van der Waals surface area contributed by atoms with E-state index >= 15 is 4.39 Å². The van der Waals surface area contributed by atoms with E-state index in [-0.39, 0.29) is 18.1 Å². The number of imide groups is 1. The number of aromatic nitrogens is 2. The van der Waals surface area contributed by atoms with Gasteiger partial charge in [-0.1, -0.05) is 29.8 Å². The van der Waals surface area contributed by atoms with Crippen LogP contribution in [0.25, 0.3) is 0 Å². The first kappa shape index (κ1) is 44.9. The van der Waals surface area contributed by atoms with E-state index in [0.29, 0.717) is 76.5 Å². The first-order valence-corrected chi connectivity index (χ1v) is 25.1. The van der Waals surface area contributed by atoms with Crippen LogP contribution in [0, 0.1) is 11.7 Å². The normalized spacial score (nSPS) is 20.5. The molecule has 4 saturated heterocycles. The Hall–Kier alpha value is -5.23. The van der Waals surface area contributed by atoms with Crippen LogP contribution >= 0.6 is 11.6 Å². The van der Waals surface area contributed by atoms with Crippen molar-refractivity contribution in [2.24, 2.45) is 5.92 Å². The maximum atomic E-state index is 15.2. The van der Waals surface area contributed by atoms with Gasteiger partial charge in [0.25, 0.3) is 0 Å². The monoisotopic (exact) mass is 928 g/mol. The predicted molar refractivity (Wildman–Crippen MR) is 253 cm³/mol. The molecular weight excluding hydrogens is 871 g/mol. The molecule has 5 aliphatic heterocycles. The van der Waals surface area contributed by atoms with Crippen molar-refractivity contribution in [3.05, 3.63) is 82.8 Å². The summed E-state index contributed by atoms with van der Waals surface area (Å²) in [6.45, 7) is 9.59. The van der Waals surface area contributed by atoms with Crippen molar-refractivity contribution in [2.45, 2.75) is 63.3 Å². The summed E-state index contributed by atoms with van der Waals surface area (Å²) in [4.78, 5) is 42.9. The standard InChI is InChI=1S/C47H58ClFN10O5S/c1-64-42-29-35(7-10-40(42)52-47-50-30-38(48)45(54-47)51-41-5-3-4-32-15-23-59(44(32)41)65(2,62)63)57-21-16-33(17-22-57)58-26-24-55(25-27-58)18-12-31-13-19-56(20-14-31)34-6-8-36(39(49)28-34)37-9-11-43(60)53-46(37)61/h3-8,10,28-31,33,37H,9,11-27H2,1-2H3,(H,53,60,61)(H2,50,51,52,54). The number of carbonyl (C=O) groups excluding carboxylic acids is 2. The summed E-state index contributed by atoms with van der Waals surface area (Å²) in [6.07, 6.45) is 9.49. The lowest BCUT2D eigenvalue weighted by Crippen LogP contribution is -2.53. The Kier molecular flexibility index (Phi) is 13.4. The summed E-state index contributed by atoms with van der Waals surface area (Å²) < 4.78 is 47.5. The number of sulfonamides is 1. The summed E-state index contributed by atoms with van der Waals surface area (Å²) >= 11 is 6.54. The molecule has 9 rings (SSSR count). The lowest BCUT2D eigenvalue weighted by atomic mass is 9.89. The van der Waals surface area contributed by atoms with Crippen molar-refractivity contribution in [2.75, 3.05) is 104 Å². The predicted octanol–water partition coefficient (Wildman–Crippen LogP) is 6.50. The van der Waals surface area contributed by atoms with Gasteiger partial charge in [-0.3, -0.25) is 24.1 Å². The average molecular weight is 930 g/mol. The van der Waals surface area contributed by atoms with Gasteiger partial charge in [-0.15, -0.1) is 0 Å². The van der Waals surface area contributed by atoms with Gasteiger partial charge < -0.3 is 30.1 Å². The molecule has 3 N–H and O–H groups in total. The van der Waals surface area contributed by atoms with Crippen LogP contribution in [0.1, 0.15) is 62.0 Å². The molecule has 4 fully saturated rings. The molecule has 4 aromatic rings. The van der Waals surface area contributed by atoms with Crippen LogP contribution in [0.3, 0.4) is 0 Å². The minimum atomic E-state index is -3.46. The molecule has 6 heterocycles. The summed E-state index contributed by atoms with van der Waals surface area (Å²) in [5.41, 5.74) is 5.18. The second-order valence-electron chi connectivity index (χ2n) is 17.9. The second-order valence-corrected chi connectivity index (χ2v) is 20.3. The largest absolute Gasteiger partial charge is 0.494 e. The van der Waals surface area contributed by atoms with E-state index in [1.165, 1.54) is 23.2 Å². The highest BCUT2D eigenvalue weighted by molar-refractivity contribution is 7.92. The Balaban J connectivity index is 0.715. The maximum Gasteiger partial charge on any atom is 0.234 e. The van der Waals surface area contributed by atoms with E-state index in [4.69, 9.17) is 16.3 Å². The molecule has 1 unspecified atom stereocenters. The number of halogens is 2. The fourth-order valence-corrected chi connectivity index (χ4v) is 11.4. The zero-order valence-corrected chi connectivity index (χ0v) is 38.6. The third kappa shape index (κ3) is 10.1. The Bertz CT molecular complexity index is 2510. The zero-order chi connectivity index (χ0) is 45.2. The molecule has 0 saturated carbocycles. The van der Waals surface area contributed by atoms with Crippen LogP contribution in [0.5, 0.6) is 5.75 Å². The van der Waals surface area contributed by atoms with Crippen LogP contribution in [0.2, 0.25) is 5.02 Å². The van der Waals surface area contributed by atoms with Gasteiger partial charge in [0.05, 0.1) is 42.5 Å². The number of hydrogen-bond donors (Lipinski definition) is 3. The van der Waals surface area contributed by atoms with Crippen LogP contribution in [0.4, 0.5) is 44.6 Å². The Morgan fingerprint density at radius 3 is 2.28 bits per heavy atom. The van der Waals surface area contributed by atoms with Gasteiger partial charge in [0.1, 0.15) is 16.6 Å². The number of piperazine rings is 1. The van der Waals surface area contributed by atoms with Gasteiger partial charge in [0.2, 0.25) is 27.8 Å². The number of rotatable bonds is 13. The van der Waals surface area contributed by atoms with E-state index in [1.54, 1.807) is 19.2 Å². The molecule has 3 aromatic carbocycles. The van der Waals surface area contributed by atoms with Crippen LogP contribution in [-0.2, 0) is 26.0 Å². The van der Waals surface area contributed by atoms with E-state index in [0.717, 1.165) is 102 Å². The third-order valence-corrected chi connectivity index (χ3v) is 15.4. The number of ether oxygens (including phenoxy) is 1. The SMILES string of the molecule is COc1cc(N2CCC(N3CCN(CCC4CCN(c5ccc(C6CCC(=O)NC6=O)c(F)c5)CC4)CC3)CC2)ccc1Nc1ncc(Cl)c(Nc2cccc3c2N(S(C)(=O)=O)CC3)n1. The second kappa shape index (κ2) is 19.3. The quantitative estimate of drug-likeness (QED) is 0.125. The molecule has 0 bridgehead atoms. The van der Waals surface area contributed by atoms with Crippen LogP contribution in [0.15, 0.2) is 60.8 Å². The molecule has 65 heavy (non-hydrogen) atoms. The molecule has 0 spiro atoms. The molecule has 1 atom stereocenters. The van der Waals surface area contributed by atoms with Gasteiger partial charge in [0, 0.05) is 94.4 Å². The minimum absolute atomic E-state index is 0.235. The molecule has 18 heteroatoms. The van der Waals surface area contributed by atoms with Crippen LogP contribution in [-0.4, -0.2) is 125 Å². The summed E-state index contributed by atoms with van der Waals surface area (Å²) in [6, 6.07) is 17.5. The Labute approximate surface area is 385 Å². The van der Waals surface area contributed by atoms with E-state index in [9.17, 15) is 18.0 Å². The Morgan fingerprint density at radius 1 is 0.846 bits per heavy atom. The average Bonchev–Trinajstić information content (AvgIpc) is 3.77. The fraction of sp³-hybridized carbons (Fsp3) is 0.489. The summed E-state index contributed by atoms with van der Waals surface area (Å²) in [5, 5.41) is 9.17. The molecule has 5 aliphatic rings. The van der Waals surface area contributed by atoms with Gasteiger partial charge >= 0.3 is 0 Å². The molecule has 2 amide bonds. The summed E-state index contributed by atoms with van der Waals surface area (Å²) in [5.74, 6) is 0.288. The number of fused-ring (bicyclic) bond motifs is 1. The Morgan fingerprint density at radius 2 is 1.57 bits per heavy atom. The number of carbonyl (C=O) groups is 2. The number of piperidine rings is 3. The lowest BCUT2D eigenvalue weighted by molar-refractivity contribution is -0.134. The van der Waals surface area contributed by atoms with Crippen molar-refractivity contribution in [3.63, 3.8) is 0 Å². The van der Waals surface area contributed by atoms with Crippen LogP contribution < -0.4 is 34.8 Å². The van der Waals surface area contributed by atoms with Gasteiger partial charge in [-0.05, 0) is 93.3 Å². The minimum Gasteiger partial charge on any atom is -0.494 e. The van der Waals surface area contributed by atoms with Gasteiger partial charge in [-0.2, -0.15) is 4.98 Å². The van der Waals surface area contributed by atoms with E-state index in [1.807, 2.05) is 30.3 Å². The zero-order valence-electron chi connectivity index (χ0n) is 37.1. The lowest BCUT2D eigenvalue weighted by Gasteiger charge is -2.43. The van der Waals surface area contributed by atoms with E-state index in [2.05, 4.69) is 57.7 Å². The molecular formula is C47H58ClFN10O5S. The number of nitrogens with zero attached hydrogens (tertiary/aromatic N) is 7. The molecule has 346 valence electrons. The van der Waals surface area contributed by atoms with Crippen molar-refractivity contribution in [1.82, 2.24) is 25.1 Å². The van der Waals surface area contributed by atoms with Crippen molar-refractivity contribution in [1.29, 1.82) is 0 Å². The molecule has 0 radical (unpaired) electrons. The summed E-state index contributed by atoms with van der Waals surface area (Å²) in [7, 11) is -1.81. The first-order valence-electron chi connectivity index (χ1n) is 22.8. The highest BCUT2D eigenvalue weighted by Crippen LogP contribution is 2.40. The van der Waals surface area contributed by atoms with E-state index < -0.39 is 21.8 Å². The number of nitrogens with one attached hydrogen (secondary N) is 3. The smallest absolute Gasteiger partial charge is 0.234 e. The molecule has 1 aromatic heterocycles. The maximum absolute atomic E-state index is 15.2. The highest BCUT2D eigenvalue weighted by Gasteiger charge is 2.33. The number of methoxy groups -OCH3 is 1. The molecule has 0 aliphatic carbocycles. The van der Waals surface area contributed by atoms with Gasteiger partial charge in [-0.25, -0.2) is 17.8 Å². The van der Waals surface area contributed by atoms with Crippen molar-refractivity contribution in [3.8, 4) is 5.75 Å². The molecule has 15 nitrogen and oxygen atoms in total. The van der Waals surface area contributed by atoms with Crippen molar-refractivity contribution >= 4 is 73.6 Å². The third-order valence-electron chi connectivity index (χ3n) is 14.0. The topological polar surface area (TPSA) is 156 Å². The number of anilines is 7. The number of amides is 2. The fourth-order valence-electron chi connectivity index (χ4n) is 10.3. The van der Waals surface area contributed by atoms with Crippen molar-refractivity contribution < 1.29 is 27.1 Å².